The van der Waals surface area contributed by atoms with Crippen LogP contribution in [0.25, 0.3) is 0 Å². The summed E-state index contributed by atoms with van der Waals surface area (Å²) in [5, 5.41) is 13.6. The lowest BCUT2D eigenvalue weighted by atomic mass is 9.85. The number of hydrogen-bond acceptors (Lipinski definition) is 3. The molecule has 2 N–H and O–H groups in total. The van der Waals surface area contributed by atoms with Crippen molar-refractivity contribution in [2.75, 3.05) is 19.8 Å². The Bertz CT molecular complexity index is 296. The van der Waals surface area contributed by atoms with E-state index in [1.807, 2.05) is 0 Å². The minimum atomic E-state index is -0.00540. The van der Waals surface area contributed by atoms with Crippen LogP contribution in [0.1, 0.15) is 65.7 Å². The van der Waals surface area contributed by atoms with E-state index in [0.29, 0.717) is 17.4 Å². The molecule has 0 radical (unpaired) electrons. The summed E-state index contributed by atoms with van der Waals surface area (Å²) in [5.41, 5.74) is 0.351. The van der Waals surface area contributed by atoms with Crippen LogP contribution < -0.4 is 5.32 Å². The van der Waals surface area contributed by atoms with E-state index in [-0.39, 0.29) is 12.1 Å². The molecule has 0 amide bonds. The van der Waals surface area contributed by atoms with Gasteiger partial charge >= 0.3 is 0 Å². The topological polar surface area (TPSA) is 41.5 Å². The molecule has 0 heterocycles. The standard InChI is InChI=1S/C17H33NO2/c1-16(2,3)10-12-20-11-8-14-5-4-9-17(14,13-19)18-15-6-7-15/h14-15,18-19H,4-13H2,1-3H3. The zero-order valence-corrected chi connectivity index (χ0v) is 13.6. The summed E-state index contributed by atoms with van der Waals surface area (Å²) in [5.74, 6) is 0.586. The van der Waals surface area contributed by atoms with Crippen LogP contribution in [-0.2, 0) is 4.74 Å². The van der Waals surface area contributed by atoms with E-state index in [2.05, 4.69) is 26.1 Å². The lowest BCUT2D eigenvalue weighted by Crippen LogP contribution is -2.52. The van der Waals surface area contributed by atoms with Crippen LogP contribution in [0.2, 0.25) is 0 Å². The summed E-state index contributed by atoms with van der Waals surface area (Å²) in [6, 6.07) is 0.671. The molecule has 0 bridgehead atoms. The number of aliphatic hydroxyl groups excluding tert-OH is 1. The fourth-order valence-electron chi connectivity index (χ4n) is 3.35. The van der Waals surface area contributed by atoms with Gasteiger partial charge in [0.05, 0.1) is 6.61 Å². The highest BCUT2D eigenvalue weighted by molar-refractivity contribution is 5.02. The Kier molecular flexibility index (Phi) is 5.49. The Morgan fingerprint density at radius 3 is 2.55 bits per heavy atom. The van der Waals surface area contributed by atoms with Crippen molar-refractivity contribution in [1.29, 1.82) is 0 Å². The van der Waals surface area contributed by atoms with Gasteiger partial charge in [-0.15, -0.1) is 0 Å². The number of ether oxygens (including phenoxy) is 1. The maximum Gasteiger partial charge on any atom is 0.0616 e. The van der Waals surface area contributed by atoms with E-state index >= 15 is 0 Å². The first-order valence-electron chi connectivity index (χ1n) is 8.41. The molecule has 2 rings (SSSR count). The van der Waals surface area contributed by atoms with Gasteiger partial charge in [0.25, 0.3) is 0 Å². The monoisotopic (exact) mass is 283 g/mol. The Labute approximate surface area is 124 Å². The van der Waals surface area contributed by atoms with Crippen LogP contribution in [0, 0.1) is 11.3 Å². The highest BCUT2D eigenvalue weighted by atomic mass is 16.5. The van der Waals surface area contributed by atoms with Crippen molar-refractivity contribution in [3.8, 4) is 0 Å². The van der Waals surface area contributed by atoms with Crippen LogP contribution in [0.15, 0.2) is 0 Å². The van der Waals surface area contributed by atoms with Gasteiger partial charge in [0.1, 0.15) is 0 Å². The third-order valence-electron chi connectivity index (χ3n) is 4.92. The second kappa shape index (κ2) is 6.76. The SMILES string of the molecule is CC(C)(C)CCOCCC1CCCC1(CO)NC1CC1. The first-order valence-corrected chi connectivity index (χ1v) is 8.41. The van der Waals surface area contributed by atoms with E-state index in [1.54, 1.807) is 0 Å². The molecule has 2 saturated carbocycles. The van der Waals surface area contributed by atoms with E-state index in [1.165, 1.54) is 25.7 Å². The second-order valence-electron chi connectivity index (χ2n) is 8.03. The van der Waals surface area contributed by atoms with Gasteiger partial charge in [-0.25, -0.2) is 0 Å². The van der Waals surface area contributed by atoms with Gasteiger partial charge in [-0.05, 0) is 49.9 Å². The van der Waals surface area contributed by atoms with Gasteiger partial charge in [-0.3, -0.25) is 0 Å². The molecule has 0 aromatic heterocycles. The van der Waals surface area contributed by atoms with Gasteiger partial charge in [0.2, 0.25) is 0 Å². The minimum absolute atomic E-state index is 0.00540. The molecule has 2 unspecified atom stereocenters. The Balaban J connectivity index is 1.70. The van der Waals surface area contributed by atoms with Gasteiger partial charge in [0, 0.05) is 24.8 Å². The number of aliphatic hydroxyl groups is 1. The van der Waals surface area contributed by atoms with Gasteiger partial charge < -0.3 is 15.2 Å². The van der Waals surface area contributed by atoms with E-state index in [4.69, 9.17) is 4.74 Å². The molecule has 118 valence electrons. The smallest absolute Gasteiger partial charge is 0.0616 e. The van der Waals surface area contributed by atoms with Gasteiger partial charge in [0.15, 0.2) is 0 Å². The zero-order valence-electron chi connectivity index (χ0n) is 13.6. The molecule has 2 fully saturated rings. The van der Waals surface area contributed by atoms with Gasteiger partial charge in [-0.2, -0.15) is 0 Å². The molecule has 3 heteroatoms. The second-order valence-corrected chi connectivity index (χ2v) is 8.03. The summed E-state index contributed by atoms with van der Waals surface area (Å²) in [7, 11) is 0. The van der Waals surface area contributed by atoms with Crippen molar-refractivity contribution in [3.05, 3.63) is 0 Å². The number of hydrogen-bond donors (Lipinski definition) is 2. The summed E-state index contributed by atoms with van der Waals surface area (Å²) in [4.78, 5) is 0. The summed E-state index contributed by atoms with van der Waals surface area (Å²) >= 11 is 0. The predicted octanol–water partition coefficient (Wildman–Crippen LogP) is 3.11. The Morgan fingerprint density at radius 1 is 1.20 bits per heavy atom. The van der Waals surface area contributed by atoms with E-state index in [0.717, 1.165) is 32.5 Å². The third kappa shape index (κ3) is 4.71. The maximum absolute atomic E-state index is 9.87. The maximum atomic E-state index is 9.87. The molecule has 0 spiro atoms. The van der Waals surface area contributed by atoms with Crippen molar-refractivity contribution in [2.45, 2.75) is 77.3 Å². The highest BCUT2D eigenvalue weighted by Gasteiger charge is 2.44. The fourth-order valence-corrected chi connectivity index (χ4v) is 3.35. The molecular weight excluding hydrogens is 250 g/mol. The quantitative estimate of drug-likeness (QED) is 0.673. The first kappa shape index (κ1) is 16.3. The molecule has 0 aliphatic heterocycles. The normalized spacial score (nSPS) is 30.9. The number of rotatable bonds is 8. The zero-order chi connectivity index (χ0) is 14.6. The summed E-state index contributed by atoms with van der Waals surface area (Å²) in [6.07, 6.45) is 8.39. The molecule has 20 heavy (non-hydrogen) atoms. The minimum Gasteiger partial charge on any atom is -0.394 e. The largest absolute Gasteiger partial charge is 0.394 e. The molecule has 0 saturated heterocycles. The number of nitrogens with one attached hydrogen (secondary N) is 1. The molecule has 2 aliphatic rings. The van der Waals surface area contributed by atoms with Crippen molar-refractivity contribution < 1.29 is 9.84 Å². The van der Waals surface area contributed by atoms with Crippen LogP contribution in [0.5, 0.6) is 0 Å². The molecule has 0 aromatic carbocycles. The molecular formula is C17H33NO2. The lowest BCUT2D eigenvalue weighted by Gasteiger charge is -2.35. The summed E-state index contributed by atoms with van der Waals surface area (Å²) in [6.45, 7) is 8.75. The molecule has 3 nitrogen and oxygen atoms in total. The fraction of sp³-hybridized carbons (Fsp3) is 1.00. The summed E-state index contributed by atoms with van der Waals surface area (Å²) < 4.78 is 5.82. The van der Waals surface area contributed by atoms with Crippen LogP contribution in [0.3, 0.4) is 0 Å². The van der Waals surface area contributed by atoms with E-state index in [9.17, 15) is 5.11 Å². The average Bonchev–Trinajstić information content (AvgIpc) is 3.09. The predicted molar refractivity (Wildman–Crippen MR) is 82.8 cm³/mol. The molecule has 0 aromatic rings. The average molecular weight is 283 g/mol. The lowest BCUT2D eigenvalue weighted by molar-refractivity contribution is 0.0680. The molecule has 2 aliphatic carbocycles. The van der Waals surface area contributed by atoms with Crippen molar-refractivity contribution in [2.24, 2.45) is 11.3 Å². The van der Waals surface area contributed by atoms with Crippen LogP contribution in [0.4, 0.5) is 0 Å². The Hall–Kier alpha value is -0.120. The first-order chi connectivity index (χ1) is 9.45. The van der Waals surface area contributed by atoms with Crippen molar-refractivity contribution >= 4 is 0 Å². The van der Waals surface area contributed by atoms with Crippen molar-refractivity contribution in [3.63, 3.8) is 0 Å². The molecule has 2 atom stereocenters. The van der Waals surface area contributed by atoms with Crippen LogP contribution in [-0.4, -0.2) is 36.5 Å². The third-order valence-corrected chi connectivity index (χ3v) is 4.92. The van der Waals surface area contributed by atoms with Crippen molar-refractivity contribution in [1.82, 2.24) is 5.32 Å². The Morgan fingerprint density at radius 2 is 1.95 bits per heavy atom. The highest BCUT2D eigenvalue weighted by Crippen LogP contribution is 2.40. The van der Waals surface area contributed by atoms with E-state index < -0.39 is 0 Å². The van der Waals surface area contributed by atoms with Crippen LogP contribution >= 0.6 is 0 Å². The van der Waals surface area contributed by atoms with Gasteiger partial charge in [-0.1, -0.05) is 27.2 Å².